The van der Waals surface area contributed by atoms with E-state index in [1.807, 2.05) is 0 Å². The van der Waals surface area contributed by atoms with Gasteiger partial charge in [0.15, 0.2) is 0 Å². The van der Waals surface area contributed by atoms with Gasteiger partial charge < -0.3 is 25.8 Å². The molecule has 1 aromatic carbocycles. The molecule has 0 aliphatic carbocycles. The average Bonchev–Trinajstić information content (AvgIpc) is 2.87. The average molecular weight is 293 g/mol. The molecular formula is C14H19N3O4. The van der Waals surface area contributed by atoms with Gasteiger partial charge in [0.25, 0.3) is 0 Å². The van der Waals surface area contributed by atoms with Gasteiger partial charge in [-0.3, -0.25) is 9.59 Å². The summed E-state index contributed by atoms with van der Waals surface area (Å²) in [5, 5.41) is 5.38. The van der Waals surface area contributed by atoms with Crippen LogP contribution in [-0.4, -0.2) is 37.7 Å². The van der Waals surface area contributed by atoms with Gasteiger partial charge >= 0.3 is 0 Å². The van der Waals surface area contributed by atoms with E-state index in [0.29, 0.717) is 30.2 Å². The molecule has 1 unspecified atom stereocenters. The summed E-state index contributed by atoms with van der Waals surface area (Å²) in [6.07, 6.45) is 0.465. The number of anilines is 2. The van der Waals surface area contributed by atoms with E-state index in [1.165, 1.54) is 14.0 Å². The number of benzene rings is 1. The van der Waals surface area contributed by atoms with Crippen molar-refractivity contribution >= 4 is 23.2 Å². The predicted molar refractivity (Wildman–Crippen MR) is 78.3 cm³/mol. The lowest BCUT2D eigenvalue weighted by molar-refractivity contribution is -0.121. The Labute approximate surface area is 122 Å². The van der Waals surface area contributed by atoms with Gasteiger partial charge in [0.05, 0.1) is 19.4 Å². The highest BCUT2D eigenvalue weighted by molar-refractivity contribution is 6.00. The number of hydrogen-bond donors (Lipinski definition) is 3. The van der Waals surface area contributed by atoms with Crippen molar-refractivity contribution in [1.29, 1.82) is 0 Å². The topological polar surface area (TPSA) is 103 Å². The molecule has 1 aliphatic rings. The van der Waals surface area contributed by atoms with Crippen LogP contribution in [0.2, 0.25) is 0 Å². The zero-order valence-electron chi connectivity index (χ0n) is 12.1. The first kappa shape index (κ1) is 15.3. The number of rotatable bonds is 4. The second kappa shape index (κ2) is 6.11. The summed E-state index contributed by atoms with van der Waals surface area (Å²) in [5.74, 6) is -0.0461. The van der Waals surface area contributed by atoms with Gasteiger partial charge in [-0.05, 0) is 24.6 Å². The third-order valence-corrected chi connectivity index (χ3v) is 3.27. The Balaban J connectivity index is 2.20. The number of nitrogens with two attached hydrogens (primary N) is 1. The van der Waals surface area contributed by atoms with E-state index in [0.717, 1.165) is 0 Å². The number of ether oxygens (including phenoxy) is 2. The zero-order chi connectivity index (χ0) is 15.5. The van der Waals surface area contributed by atoms with Crippen molar-refractivity contribution in [2.45, 2.75) is 18.9 Å². The molecule has 0 spiro atoms. The zero-order valence-corrected chi connectivity index (χ0v) is 12.1. The number of hydrogen-bond acceptors (Lipinski definition) is 5. The molecule has 1 aliphatic heterocycles. The highest BCUT2D eigenvalue weighted by Gasteiger charge is 2.38. The number of nitrogens with one attached hydrogen (secondary N) is 2. The summed E-state index contributed by atoms with van der Waals surface area (Å²) in [5.41, 5.74) is 5.99. The first-order valence-corrected chi connectivity index (χ1v) is 6.58. The molecule has 0 aromatic heterocycles. The minimum absolute atomic E-state index is 0.187. The highest BCUT2D eigenvalue weighted by atomic mass is 16.5. The van der Waals surface area contributed by atoms with Gasteiger partial charge in [0.2, 0.25) is 11.8 Å². The molecule has 4 N–H and O–H groups in total. The maximum absolute atomic E-state index is 12.3. The van der Waals surface area contributed by atoms with Crippen LogP contribution in [0, 0.1) is 0 Å². The van der Waals surface area contributed by atoms with E-state index in [-0.39, 0.29) is 18.4 Å². The van der Waals surface area contributed by atoms with Crippen LogP contribution in [0.5, 0.6) is 5.75 Å². The van der Waals surface area contributed by atoms with Gasteiger partial charge in [-0.15, -0.1) is 0 Å². The molecule has 0 saturated carbocycles. The lowest BCUT2D eigenvalue weighted by Gasteiger charge is -2.21. The largest absolute Gasteiger partial charge is 0.495 e. The summed E-state index contributed by atoms with van der Waals surface area (Å²) in [6.45, 7) is 2.06. The lowest BCUT2D eigenvalue weighted by atomic mass is 9.99. The van der Waals surface area contributed by atoms with Crippen LogP contribution in [0.15, 0.2) is 18.2 Å². The van der Waals surface area contributed by atoms with Gasteiger partial charge in [-0.2, -0.15) is 0 Å². The Morgan fingerprint density at radius 3 is 2.71 bits per heavy atom. The maximum Gasteiger partial charge on any atom is 0.247 e. The Morgan fingerprint density at radius 2 is 2.14 bits per heavy atom. The van der Waals surface area contributed by atoms with Crippen molar-refractivity contribution in [2.24, 2.45) is 5.73 Å². The van der Waals surface area contributed by atoms with E-state index in [9.17, 15) is 9.59 Å². The SMILES string of the molecule is COc1ccc(NC(C)=O)cc1NC(=O)C1(N)CCOC1. The van der Waals surface area contributed by atoms with Gasteiger partial charge in [-0.1, -0.05) is 0 Å². The third-order valence-electron chi connectivity index (χ3n) is 3.27. The molecule has 21 heavy (non-hydrogen) atoms. The monoisotopic (exact) mass is 293 g/mol. The van der Waals surface area contributed by atoms with E-state index in [4.69, 9.17) is 15.2 Å². The smallest absolute Gasteiger partial charge is 0.247 e. The van der Waals surface area contributed by atoms with Gasteiger partial charge in [0.1, 0.15) is 11.3 Å². The molecule has 2 rings (SSSR count). The fourth-order valence-electron chi connectivity index (χ4n) is 2.09. The second-order valence-electron chi connectivity index (χ2n) is 5.01. The Kier molecular flexibility index (Phi) is 4.44. The quantitative estimate of drug-likeness (QED) is 0.758. The van der Waals surface area contributed by atoms with Crippen LogP contribution in [0.4, 0.5) is 11.4 Å². The summed E-state index contributed by atoms with van der Waals surface area (Å²) < 4.78 is 10.4. The second-order valence-corrected chi connectivity index (χ2v) is 5.01. The standard InChI is InChI=1S/C14H19N3O4/c1-9(18)16-10-3-4-12(20-2)11(7-10)17-13(19)14(15)5-6-21-8-14/h3-4,7H,5-6,8,15H2,1-2H3,(H,16,18)(H,17,19). The van der Waals surface area contributed by atoms with Crippen LogP contribution >= 0.6 is 0 Å². The predicted octanol–water partition coefficient (Wildman–Crippen LogP) is 0.710. The van der Waals surface area contributed by atoms with E-state index >= 15 is 0 Å². The number of carbonyl (C=O) groups excluding carboxylic acids is 2. The van der Waals surface area contributed by atoms with Crippen molar-refractivity contribution in [3.05, 3.63) is 18.2 Å². The van der Waals surface area contributed by atoms with E-state index in [1.54, 1.807) is 18.2 Å². The van der Waals surface area contributed by atoms with Crippen LogP contribution in [0.25, 0.3) is 0 Å². The minimum Gasteiger partial charge on any atom is -0.495 e. The third kappa shape index (κ3) is 3.50. The Hall–Kier alpha value is -2.12. The molecule has 1 aromatic rings. The van der Waals surface area contributed by atoms with Crippen LogP contribution in [0.3, 0.4) is 0 Å². The first-order valence-electron chi connectivity index (χ1n) is 6.58. The molecular weight excluding hydrogens is 274 g/mol. The van der Waals surface area contributed by atoms with Crippen molar-refractivity contribution in [3.8, 4) is 5.75 Å². The van der Waals surface area contributed by atoms with Gasteiger partial charge in [-0.25, -0.2) is 0 Å². The first-order chi connectivity index (χ1) is 9.94. The van der Waals surface area contributed by atoms with E-state index in [2.05, 4.69) is 10.6 Å². The molecule has 1 fully saturated rings. The molecule has 7 nitrogen and oxygen atoms in total. The Bertz CT molecular complexity index is 553. The normalized spacial score (nSPS) is 20.9. The van der Waals surface area contributed by atoms with Gasteiger partial charge in [0, 0.05) is 19.2 Å². The van der Waals surface area contributed by atoms with Crippen molar-refractivity contribution in [2.75, 3.05) is 31.0 Å². The molecule has 2 amide bonds. The van der Waals surface area contributed by atoms with Crippen LogP contribution < -0.4 is 21.1 Å². The lowest BCUT2D eigenvalue weighted by Crippen LogP contribution is -2.51. The summed E-state index contributed by atoms with van der Waals surface area (Å²) in [7, 11) is 1.50. The summed E-state index contributed by atoms with van der Waals surface area (Å²) in [4.78, 5) is 23.4. The fraction of sp³-hybridized carbons (Fsp3) is 0.429. The van der Waals surface area contributed by atoms with Crippen molar-refractivity contribution in [1.82, 2.24) is 0 Å². The maximum atomic E-state index is 12.3. The van der Waals surface area contributed by atoms with Crippen molar-refractivity contribution in [3.63, 3.8) is 0 Å². The van der Waals surface area contributed by atoms with E-state index < -0.39 is 5.54 Å². The van der Waals surface area contributed by atoms with Crippen LogP contribution in [-0.2, 0) is 14.3 Å². The number of carbonyl (C=O) groups is 2. The molecule has 114 valence electrons. The van der Waals surface area contributed by atoms with Crippen molar-refractivity contribution < 1.29 is 19.1 Å². The minimum atomic E-state index is -1.03. The molecule has 1 atom stereocenters. The fourth-order valence-corrected chi connectivity index (χ4v) is 2.09. The summed E-state index contributed by atoms with van der Waals surface area (Å²) in [6, 6.07) is 4.97. The Morgan fingerprint density at radius 1 is 1.38 bits per heavy atom. The highest BCUT2D eigenvalue weighted by Crippen LogP contribution is 2.29. The summed E-state index contributed by atoms with van der Waals surface area (Å²) >= 11 is 0. The molecule has 7 heteroatoms. The molecule has 0 radical (unpaired) electrons. The number of methoxy groups -OCH3 is 1. The molecule has 0 bridgehead atoms. The number of amides is 2. The molecule has 1 heterocycles. The molecule has 1 saturated heterocycles. The van der Waals surface area contributed by atoms with Crippen LogP contribution in [0.1, 0.15) is 13.3 Å².